The van der Waals surface area contributed by atoms with Gasteiger partial charge in [0.25, 0.3) is 0 Å². The molecule has 4 heteroatoms. The van der Waals surface area contributed by atoms with E-state index in [1.807, 2.05) is 48.5 Å². The molecule has 0 fully saturated rings. The van der Waals surface area contributed by atoms with E-state index in [0.717, 1.165) is 29.9 Å². The number of carbonyl (C=O) groups is 1. The van der Waals surface area contributed by atoms with Gasteiger partial charge >= 0.3 is 5.97 Å². The third kappa shape index (κ3) is 7.18. The van der Waals surface area contributed by atoms with Gasteiger partial charge in [-0.1, -0.05) is 57.0 Å². The number of benzene rings is 2. The number of ether oxygens (including phenoxy) is 3. The van der Waals surface area contributed by atoms with Crippen molar-refractivity contribution in [1.82, 2.24) is 0 Å². The second kappa shape index (κ2) is 11.1. The monoisotopic (exact) mass is 368 g/mol. The van der Waals surface area contributed by atoms with Crippen molar-refractivity contribution < 1.29 is 19.0 Å². The average Bonchev–Trinajstić information content (AvgIpc) is 2.69. The molecule has 0 saturated carbocycles. The predicted molar refractivity (Wildman–Crippen MR) is 108 cm³/mol. The van der Waals surface area contributed by atoms with Crippen LogP contribution >= 0.6 is 0 Å². The minimum atomic E-state index is -0.459. The van der Waals surface area contributed by atoms with E-state index in [1.54, 1.807) is 6.92 Å². The second-order valence-corrected chi connectivity index (χ2v) is 6.43. The van der Waals surface area contributed by atoms with Crippen LogP contribution in [0.2, 0.25) is 0 Å². The van der Waals surface area contributed by atoms with Crippen molar-refractivity contribution in [3.63, 3.8) is 0 Å². The molecule has 0 aromatic heterocycles. The van der Waals surface area contributed by atoms with Crippen LogP contribution in [0.25, 0.3) is 11.1 Å². The fourth-order valence-electron chi connectivity index (χ4n) is 2.48. The first-order chi connectivity index (χ1) is 13.1. The molecule has 4 nitrogen and oxygen atoms in total. The highest BCUT2D eigenvalue weighted by Crippen LogP contribution is 2.24. The molecule has 2 aromatic rings. The van der Waals surface area contributed by atoms with Crippen molar-refractivity contribution in [2.45, 2.75) is 39.5 Å². The average molecular weight is 368 g/mol. The highest BCUT2D eigenvalue weighted by atomic mass is 16.7. The van der Waals surface area contributed by atoms with E-state index in [1.165, 1.54) is 19.3 Å². The lowest BCUT2D eigenvalue weighted by Crippen LogP contribution is -2.10. The molecule has 0 bridgehead atoms. The summed E-state index contributed by atoms with van der Waals surface area (Å²) in [5.41, 5.74) is 2.53. The van der Waals surface area contributed by atoms with Crippen LogP contribution < -0.4 is 9.47 Å². The Kier molecular flexibility index (Phi) is 8.43. The van der Waals surface area contributed by atoms with E-state index in [4.69, 9.17) is 14.2 Å². The first-order valence-corrected chi connectivity index (χ1v) is 9.39. The third-order valence-electron chi connectivity index (χ3n) is 4.07. The summed E-state index contributed by atoms with van der Waals surface area (Å²) in [6, 6.07) is 15.7. The Hall–Kier alpha value is -2.75. The first-order valence-electron chi connectivity index (χ1n) is 9.39. The third-order valence-corrected chi connectivity index (χ3v) is 4.07. The van der Waals surface area contributed by atoms with Crippen molar-refractivity contribution in [2.75, 3.05) is 13.4 Å². The van der Waals surface area contributed by atoms with Crippen LogP contribution in [-0.4, -0.2) is 19.4 Å². The van der Waals surface area contributed by atoms with E-state index in [-0.39, 0.29) is 6.79 Å². The number of unbranched alkanes of at least 4 members (excludes halogenated alkanes) is 3. The Morgan fingerprint density at radius 3 is 1.93 bits per heavy atom. The maximum absolute atomic E-state index is 11.3. The molecular weight excluding hydrogens is 340 g/mol. The van der Waals surface area contributed by atoms with Crippen molar-refractivity contribution in [2.24, 2.45) is 0 Å². The Labute approximate surface area is 161 Å². The van der Waals surface area contributed by atoms with E-state index in [2.05, 4.69) is 13.5 Å². The number of carbonyl (C=O) groups excluding carboxylic acids is 1. The van der Waals surface area contributed by atoms with E-state index in [0.29, 0.717) is 11.3 Å². The lowest BCUT2D eigenvalue weighted by molar-refractivity contribution is -0.145. The molecule has 0 spiro atoms. The van der Waals surface area contributed by atoms with Crippen LogP contribution in [0.1, 0.15) is 39.5 Å². The largest absolute Gasteiger partial charge is 0.494 e. The molecular formula is C23H28O4. The molecule has 0 amide bonds. The molecule has 2 aromatic carbocycles. The maximum Gasteiger partial charge on any atom is 0.335 e. The highest BCUT2D eigenvalue weighted by Gasteiger charge is 2.04. The number of hydrogen-bond donors (Lipinski definition) is 0. The van der Waals surface area contributed by atoms with E-state index < -0.39 is 5.97 Å². The highest BCUT2D eigenvalue weighted by molar-refractivity contribution is 5.86. The van der Waals surface area contributed by atoms with Gasteiger partial charge in [-0.3, -0.25) is 0 Å². The summed E-state index contributed by atoms with van der Waals surface area (Å²) in [6.07, 6.45) is 4.81. The van der Waals surface area contributed by atoms with Crippen LogP contribution in [0.3, 0.4) is 0 Å². The molecule has 2 rings (SSSR count). The van der Waals surface area contributed by atoms with Gasteiger partial charge < -0.3 is 14.2 Å². The number of hydrogen-bond acceptors (Lipinski definition) is 4. The molecule has 0 atom stereocenters. The minimum Gasteiger partial charge on any atom is -0.494 e. The Balaban J connectivity index is 1.82. The smallest absolute Gasteiger partial charge is 0.335 e. The summed E-state index contributed by atoms with van der Waals surface area (Å²) >= 11 is 0. The minimum absolute atomic E-state index is 0.130. The van der Waals surface area contributed by atoms with Gasteiger partial charge in [-0.2, -0.15) is 0 Å². The zero-order valence-electron chi connectivity index (χ0n) is 16.2. The van der Waals surface area contributed by atoms with Crippen LogP contribution in [-0.2, 0) is 9.53 Å². The van der Waals surface area contributed by atoms with Gasteiger partial charge in [-0.25, -0.2) is 4.79 Å². The van der Waals surface area contributed by atoms with Gasteiger partial charge in [0.05, 0.1) is 6.61 Å². The van der Waals surface area contributed by atoms with Crippen molar-refractivity contribution >= 4 is 5.97 Å². The molecule has 0 aliphatic heterocycles. The summed E-state index contributed by atoms with van der Waals surface area (Å²) in [6.45, 7) is 7.96. The Bertz CT molecular complexity index is 717. The molecule has 0 heterocycles. The molecule has 0 aliphatic rings. The number of rotatable bonds is 11. The Morgan fingerprint density at radius 2 is 1.41 bits per heavy atom. The summed E-state index contributed by atoms with van der Waals surface area (Å²) in [5, 5.41) is 0. The summed E-state index contributed by atoms with van der Waals surface area (Å²) in [5.74, 6) is 1.08. The number of esters is 1. The van der Waals surface area contributed by atoms with Gasteiger partial charge in [0, 0.05) is 5.57 Å². The van der Waals surface area contributed by atoms with Crippen LogP contribution in [0.5, 0.6) is 11.5 Å². The molecule has 0 unspecified atom stereocenters. The topological polar surface area (TPSA) is 44.8 Å². The van der Waals surface area contributed by atoms with Crippen LogP contribution in [0, 0.1) is 0 Å². The fourth-order valence-corrected chi connectivity index (χ4v) is 2.48. The van der Waals surface area contributed by atoms with Crippen LogP contribution in [0.4, 0.5) is 0 Å². The van der Waals surface area contributed by atoms with Crippen LogP contribution in [0.15, 0.2) is 60.7 Å². The summed E-state index contributed by atoms with van der Waals surface area (Å²) in [7, 11) is 0. The quantitative estimate of drug-likeness (QED) is 0.219. The van der Waals surface area contributed by atoms with Crippen molar-refractivity contribution in [3.8, 4) is 22.6 Å². The van der Waals surface area contributed by atoms with Gasteiger partial charge in [-0.05, 0) is 48.7 Å². The lowest BCUT2D eigenvalue weighted by atomic mass is 10.1. The molecule has 0 radical (unpaired) electrons. The zero-order chi connectivity index (χ0) is 19.5. The van der Waals surface area contributed by atoms with E-state index >= 15 is 0 Å². The predicted octanol–water partition coefficient (Wildman–Crippen LogP) is 5.77. The van der Waals surface area contributed by atoms with Gasteiger partial charge in [0.2, 0.25) is 6.79 Å². The molecule has 144 valence electrons. The SMILES string of the molecule is C=C(C)C(=O)OCOc1ccc(-c2ccc(OCCCCCC)cc2)cc1. The molecule has 0 aliphatic carbocycles. The summed E-state index contributed by atoms with van der Waals surface area (Å²) < 4.78 is 16.1. The normalized spacial score (nSPS) is 10.3. The van der Waals surface area contributed by atoms with E-state index in [9.17, 15) is 4.79 Å². The van der Waals surface area contributed by atoms with Crippen molar-refractivity contribution in [1.29, 1.82) is 0 Å². The Morgan fingerprint density at radius 1 is 0.852 bits per heavy atom. The molecule has 27 heavy (non-hydrogen) atoms. The summed E-state index contributed by atoms with van der Waals surface area (Å²) in [4.78, 5) is 11.3. The second-order valence-electron chi connectivity index (χ2n) is 6.43. The van der Waals surface area contributed by atoms with Gasteiger partial charge in [0.1, 0.15) is 11.5 Å². The molecule has 0 saturated heterocycles. The lowest BCUT2D eigenvalue weighted by Gasteiger charge is -2.09. The standard InChI is InChI=1S/C23H28O4/c1-4-5-6-7-16-25-21-12-8-19(9-13-21)20-10-14-22(15-11-20)26-17-27-23(24)18(2)3/h8-15H,2,4-7,16-17H2,1,3H3. The first kappa shape index (κ1) is 20.6. The maximum atomic E-state index is 11.3. The fraction of sp³-hybridized carbons (Fsp3) is 0.348. The zero-order valence-corrected chi connectivity index (χ0v) is 16.2. The van der Waals surface area contributed by atoms with Gasteiger partial charge in [-0.15, -0.1) is 0 Å². The van der Waals surface area contributed by atoms with Crippen molar-refractivity contribution in [3.05, 3.63) is 60.7 Å². The molecule has 0 N–H and O–H groups in total. The van der Waals surface area contributed by atoms with Gasteiger partial charge in [0.15, 0.2) is 0 Å².